The Bertz CT molecular complexity index is 1070. The van der Waals surface area contributed by atoms with Gasteiger partial charge in [0.25, 0.3) is 5.91 Å². The zero-order chi connectivity index (χ0) is 20.3. The third-order valence-electron chi connectivity index (χ3n) is 4.56. The minimum absolute atomic E-state index is 0.258. The van der Waals surface area contributed by atoms with E-state index in [4.69, 9.17) is 5.11 Å². The molecule has 6 nitrogen and oxygen atoms in total. The standard InChI is InChI=1S/C22H21N3O3/c1-14-11-18(22(27)28)9-10-20(14)25-15(2)12-19(16(25)3)13-23-24-21(26)17-7-5-4-6-8-17/h4-13H,1-3H3,(H,24,26)(H,27,28)/b23-13+. The first kappa shape index (κ1) is 19.1. The molecule has 0 saturated carbocycles. The number of nitrogens with one attached hydrogen (secondary N) is 1. The smallest absolute Gasteiger partial charge is 0.335 e. The number of aromatic nitrogens is 1. The molecule has 1 heterocycles. The number of hydrazone groups is 1. The van der Waals surface area contributed by atoms with Gasteiger partial charge in [0.1, 0.15) is 0 Å². The molecule has 0 radical (unpaired) electrons. The molecular formula is C22H21N3O3. The highest BCUT2D eigenvalue weighted by Crippen LogP contribution is 2.23. The highest BCUT2D eigenvalue weighted by molar-refractivity contribution is 5.95. The van der Waals surface area contributed by atoms with E-state index in [1.807, 2.05) is 37.5 Å². The van der Waals surface area contributed by atoms with Crippen LogP contribution in [0.25, 0.3) is 5.69 Å². The maximum absolute atomic E-state index is 12.1. The quantitative estimate of drug-likeness (QED) is 0.525. The van der Waals surface area contributed by atoms with E-state index in [0.29, 0.717) is 5.56 Å². The number of carbonyl (C=O) groups is 2. The molecule has 0 bridgehead atoms. The molecule has 0 saturated heterocycles. The summed E-state index contributed by atoms with van der Waals surface area (Å²) in [6.07, 6.45) is 1.61. The largest absolute Gasteiger partial charge is 0.478 e. The maximum atomic E-state index is 12.1. The van der Waals surface area contributed by atoms with Crippen molar-refractivity contribution in [3.05, 3.63) is 88.2 Å². The second kappa shape index (κ2) is 7.92. The SMILES string of the molecule is Cc1cc(C(=O)O)ccc1-n1c(C)cc(/C=N/NC(=O)c2ccccc2)c1C. The highest BCUT2D eigenvalue weighted by atomic mass is 16.4. The third-order valence-corrected chi connectivity index (χ3v) is 4.56. The predicted octanol–water partition coefficient (Wildman–Crippen LogP) is 3.86. The number of aryl methyl sites for hydroxylation is 2. The van der Waals surface area contributed by atoms with Crippen LogP contribution in [0.5, 0.6) is 0 Å². The zero-order valence-corrected chi connectivity index (χ0v) is 15.9. The Morgan fingerprint density at radius 3 is 2.36 bits per heavy atom. The molecule has 28 heavy (non-hydrogen) atoms. The topological polar surface area (TPSA) is 83.7 Å². The number of aromatic carboxylic acids is 1. The van der Waals surface area contributed by atoms with Gasteiger partial charge in [0.15, 0.2) is 0 Å². The monoisotopic (exact) mass is 375 g/mol. The van der Waals surface area contributed by atoms with Gasteiger partial charge in [-0.05, 0) is 62.7 Å². The van der Waals surface area contributed by atoms with Crippen molar-refractivity contribution in [2.75, 3.05) is 0 Å². The van der Waals surface area contributed by atoms with Gasteiger partial charge in [0.2, 0.25) is 0 Å². The minimum atomic E-state index is -0.947. The molecule has 2 aromatic carbocycles. The number of carbonyl (C=O) groups excluding carboxylic acids is 1. The number of rotatable bonds is 5. The van der Waals surface area contributed by atoms with E-state index in [9.17, 15) is 9.59 Å². The van der Waals surface area contributed by atoms with E-state index in [1.165, 1.54) is 0 Å². The Morgan fingerprint density at radius 2 is 1.71 bits per heavy atom. The average molecular weight is 375 g/mol. The number of benzene rings is 2. The first-order chi connectivity index (χ1) is 13.4. The fourth-order valence-corrected chi connectivity index (χ4v) is 3.14. The first-order valence-corrected chi connectivity index (χ1v) is 8.80. The van der Waals surface area contributed by atoms with E-state index < -0.39 is 5.97 Å². The van der Waals surface area contributed by atoms with E-state index in [-0.39, 0.29) is 11.5 Å². The van der Waals surface area contributed by atoms with Crippen molar-refractivity contribution in [3.63, 3.8) is 0 Å². The number of nitrogens with zero attached hydrogens (tertiary/aromatic N) is 2. The van der Waals surface area contributed by atoms with Crippen LogP contribution < -0.4 is 5.43 Å². The fourth-order valence-electron chi connectivity index (χ4n) is 3.14. The summed E-state index contributed by atoms with van der Waals surface area (Å²) in [5.74, 6) is -1.22. The van der Waals surface area contributed by atoms with E-state index in [0.717, 1.165) is 28.2 Å². The van der Waals surface area contributed by atoms with Crippen LogP contribution in [-0.4, -0.2) is 27.8 Å². The number of hydrogen-bond donors (Lipinski definition) is 2. The van der Waals surface area contributed by atoms with Crippen LogP contribution >= 0.6 is 0 Å². The van der Waals surface area contributed by atoms with Crippen LogP contribution in [0.4, 0.5) is 0 Å². The summed E-state index contributed by atoms with van der Waals surface area (Å²) in [5, 5.41) is 13.2. The Kier molecular flexibility index (Phi) is 5.40. The average Bonchev–Trinajstić information content (AvgIpc) is 2.96. The van der Waals surface area contributed by atoms with E-state index in [2.05, 4.69) is 10.5 Å². The minimum Gasteiger partial charge on any atom is -0.478 e. The van der Waals surface area contributed by atoms with Gasteiger partial charge < -0.3 is 9.67 Å². The Hall–Kier alpha value is -3.67. The highest BCUT2D eigenvalue weighted by Gasteiger charge is 2.13. The summed E-state index contributed by atoms with van der Waals surface area (Å²) in [6.45, 7) is 5.81. The van der Waals surface area contributed by atoms with Crippen molar-refractivity contribution >= 4 is 18.1 Å². The van der Waals surface area contributed by atoms with Crippen molar-refractivity contribution in [1.29, 1.82) is 0 Å². The number of carboxylic acids is 1. The predicted molar refractivity (Wildman–Crippen MR) is 108 cm³/mol. The second-order valence-corrected chi connectivity index (χ2v) is 6.53. The molecule has 1 amide bonds. The molecule has 142 valence electrons. The fraction of sp³-hybridized carbons (Fsp3) is 0.136. The molecule has 3 aromatic rings. The molecule has 0 aliphatic heterocycles. The molecule has 0 aliphatic rings. The van der Waals surface area contributed by atoms with Gasteiger partial charge >= 0.3 is 5.97 Å². The van der Waals surface area contributed by atoms with Crippen LogP contribution in [0.1, 0.15) is 43.2 Å². The van der Waals surface area contributed by atoms with Gasteiger partial charge in [-0.25, -0.2) is 10.2 Å². The summed E-state index contributed by atoms with van der Waals surface area (Å²) >= 11 is 0. The van der Waals surface area contributed by atoms with Crippen LogP contribution in [0, 0.1) is 20.8 Å². The van der Waals surface area contributed by atoms with Gasteiger partial charge in [0, 0.05) is 28.2 Å². The van der Waals surface area contributed by atoms with E-state index >= 15 is 0 Å². The van der Waals surface area contributed by atoms with Gasteiger partial charge in [-0.1, -0.05) is 18.2 Å². The van der Waals surface area contributed by atoms with Crippen LogP contribution in [-0.2, 0) is 0 Å². The molecule has 0 unspecified atom stereocenters. The Morgan fingerprint density at radius 1 is 1.00 bits per heavy atom. The molecule has 0 aliphatic carbocycles. The summed E-state index contributed by atoms with van der Waals surface area (Å²) in [5.41, 5.74) is 7.90. The first-order valence-electron chi connectivity index (χ1n) is 8.80. The maximum Gasteiger partial charge on any atom is 0.335 e. The van der Waals surface area contributed by atoms with Crippen LogP contribution in [0.2, 0.25) is 0 Å². The number of amides is 1. The lowest BCUT2D eigenvalue weighted by Gasteiger charge is -2.13. The van der Waals surface area contributed by atoms with Crippen LogP contribution in [0.15, 0.2) is 59.7 Å². The lowest BCUT2D eigenvalue weighted by Crippen LogP contribution is -2.17. The van der Waals surface area contributed by atoms with E-state index in [1.54, 1.807) is 48.7 Å². The van der Waals surface area contributed by atoms with Crippen molar-refractivity contribution < 1.29 is 14.7 Å². The van der Waals surface area contributed by atoms with Crippen molar-refractivity contribution in [2.24, 2.45) is 5.10 Å². The zero-order valence-electron chi connectivity index (χ0n) is 15.9. The number of carboxylic acid groups (broad SMARTS) is 1. The molecule has 0 spiro atoms. The van der Waals surface area contributed by atoms with Crippen molar-refractivity contribution in [2.45, 2.75) is 20.8 Å². The lowest BCUT2D eigenvalue weighted by atomic mass is 10.1. The molecule has 0 atom stereocenters. The third kappa shape index (κ3) is 3.86. The van der Waals surface area contributed by atoms with Crippen molar-refractivity contribution in [1.82, 2.24) is 9.99 Å². The molecule has 3 rings (SSSR count). The molecule has 1 aromatic heterocycles. The summed E-state index contributed by atoms with van der Waals surface area (Å²) in [4.78, 5) is 23.2. The normalized spacial score (nSPS) is 11.0. The molecule has 6 heteroatoms. The lowest BCUT2D eigenvalue weighted by molar-refractivity contribution is 0.0696. The summed E-state index contributed by atoms with van der Waals surface area (Å²) in [7, 11) is 0. The van der Waals surface area contributed by atoms with Crippen LogP contribution in [0.3, 0.4) is 0 Å². The Balaban J connectivity index is 1.84. The van der Waals surface area contributed by atoms with Crippen molar-refractivity contribution in [3.8, 4) is 5.69 Å². The molecule has 2 N–H and O–H groups in total. The van der Waals surface area contributed by atoms with Gasteiger partial charge in [-0.15, -0.1) is 0 Å². The molecule has 0 fully saturated rings. The summed E-state index contributed by atoms with van der Waals surface area (Å²) in [6, 6.07) is 15.9. The molecular weight excluding hydrogens is 354 g/mol. The van der Waals surface area contributed by atoms with Gasteiger partial charge in [0.05, 0.1) is 11.8 Å². The van der Waals surface area contributed by atoms with Gasteiger partial charge in [-0.3, -0.25) is 4.79 Å². The number of hydrogen-bond acceptors (Lipinski definition) is 3. The summed E-state index contributed by atoms with van der Waals surface area (Å²) < 4.78 is 2.04. The second-order valence-electron chi connectivity index (χ2n) is 6.53. The Labute approximate surface area is 163 Å². The van der Waals surface area contributed by atoms with Gasteiger partial charge in [-0.2, -0.15) is 5.10 Å².